The SMILES string of the molecule is CCS(=O)(=O)c1ccc(C(F)(F)F)cc1Cn1cnc2c(Br)cc(C(F)(F)F)cc2c1=O. The number of alkyl halides is 6. The van der Waals surface area contributed by atoms with Crippen LogP contribution in [-0.2, 0) is 28.7 Å². The molecule has 0 bridgehead atoms. The maximum Gasteiger partial charge on any atom is 0.416 e. The number of fused-ring (bicyclic) bond motifs is 1. The molecule has 0 unspecified atom stereocenters. The lowest BCUT2D eigenvalue weighted by Crippen LogP contribution is -2.23. The number of hydrogen-bond donors (Lipinski definition) is 0. The molecule has 0 fully saturated rings. The van der Waals surface area contributed by atoms with Crippen molar-refractivity contribution in [1.82, 2.24) is 9.55 Å². The van der Waals surface area contributed by atoms with Gasteiger partial charge in [0.15, 0.2) is 9.84 Å². The molecule has 3 rings (SSSR count). The Bertz CT molecular complexity index is 1360. The highest BCUT2D eigenvalue weighted by Crippen LogP contribution is 2.34. The number of aromatic nitrogens is 2. The van der Waals surface area contributed by atoms with Gasteiger partial charge in [-0.3, -0.25) is 9.36 Å². The second kappa shape index (κ2) is 8.18. The minimum absolute atomic E-state index is 0.0790. The van der Waals surface area contributed by atoms with Crippen LogP contribution in [0.4, 0.5) is 26.3 Å². The summed E-state index contributed by atoms with van der Waals surface area (Å²) >= 11 is 2.93. The molecule has 172 valence electrons. The van der Waals surface area contributed by atoms with E-state index >= 15 is 0 Å². The van der Waals surface area contributed by atoms with Crippen LogP contribution in [0.2, 0.25) is 0 Å². The van der Waals surface area contributed by atoms with E-state index in [2.05, 4.69) is 20.9 Å². The van der Waals surface area contributed by atoms with Gasteiger partial charge in [0.25, 0.3) is 5.56 Å². The van der Waals surface area contributed by atoms with Gasteiger partial charge in [0.1, 0.15) is 0 Å². The van der Waals surface area contributed by atoms with Crippen molar-refractivity contribution in [2.45, 2.75) is 30.7 Å². The highest BCUT2D eigenvalue weighted by atomic mass is 79.9. The van der Waals surface area contributed by atoms with Crippen molar-refractivity contribution in [3.63, 3.8) is 0 Å². The van der Waals surface area contributed by atoms with Gasteiger partial charge >= 0.3 is 12.4 Å². The number of rotatable bonds is 4. The predicted molar refractivity (Wildman–Crippen MR) is 107 cm³/mol. The van der Waals surface area contributed by atoms with E-state index in [4.69, 9.17) is 0 Å². The molecule has 13 heteroatoms. The van der Waals surface area contributed by atoms with E-state index in [-0.39, 0.29) is 15.6 Å². The van der Waals surface area contributed by atoms with Crippen LogP contribution >= 0.6 is 15.9 Å². The molecule has 0 aliphatic rings. The quantitative estimate of drug-likeness (QED) is 0.433. The molecule has 32 heavy (non-hydrogen) atoms. The molecule has 5 nitrogen and oxygen atoms in total. The van der Waals surface area contributed by atoms with E-state index < -0.39 is 61.5 Å². The molecule has 0 aliphatic heterocycles. The molecule has 0 N–H and O–H groups in total. The Balaban J connectivity index is 2.23. The Morgan fingerprint density at radius 2 is 1.62 bits per heavy atom. The number of sulfone groups is 1. The summed E-state index contributed by atoms with van der Waals surface area (Å²) in [6, 6.07) is 3.34. The molecular formula is C19H13BrF6N2O3S. The standard InChI is InChI=1S/C19H13BrF6N2O3S/c1-2-32(30,31)15-4-3-11(18(21,22)23)5-10(15)8-28-9-27-16-13(17(28)29)6-12(7-14(16)20)19(24,25)26/h3-7,9H,2,8H2,1H3. The van der Waals surface area contributed by atoms with Crippen LogP contribution in [0.3, 0.4) is 0 Å². The van der Waals surface area contributed by atoms with Crippen molar-refractivity contribution < 1.29 is 34.8 Å². The molecule has 0 spiro atoms. The van der Waals surface area contributed by atoms with Crippen molar-refractivity contribution in [1.29, 1.82) is 0 Å². The Labute approximate surface area is 185 Å². The maximum absolute atomic E-state index is 13.2. The van der Waals surface area contributed by atoms with E-state index in [1.54, 1.807) is 0 Å². The van der Waals surface area contributed by atoms with Crippen LogP contribution in [0.15, 0.2) is 50.8 Å². The normalized spacial score (nSPS) is 13.0. The largest absolute Gasteiger partial charge is 0.416 e. The average molecular weight is 543 g/mol. The third-order valence-corrected chi connectivity index (χ3v) is 7.08. The Kier molecular flexibility index (Phi) is 6.19. The molecule has 0 saturated carbocycles. The number of halogens is 7. The monoisotopic (exact) mass is 542 g/mol. The van der Waals surface area contributed by atoms with E-state index in [0.29, 0.717) is 18.2 Å². The summed E-state index contributed by atoms with van der Waals surface area (Å²) in [5, 5.41) is -0.430. The van der Waals surface area contributed by atoms with Crippen LogP contribution in [0.5, 0.6) is 0 Å². The fourth-order valence-corrected chi connectivity index (χ4v) is 4.70. The molecule has 0 saturated heterocycles. The Hall–Kier alpha value is -2.41. The molecule has 2 aromatic carbocycles. The zero-order valence-corrected chi connectivity index (χ0v) is 18.5. The van der Waals surface area contributed by atoms with Gasteiger partial charge in [0, 0.05) is 4.47 Å². The van der Waals surface area contributed by atoms with Gasteiger partial charge < -0.3 is 0 Å². The lowest BCUT2D eigenvalue weighted by molar-refractivity contribution is -0.138. The maximum atomic E-state index is 13.2. The minimum atomic E-state index is -4.78. The highest BCUT2D eigenvalue weighted by Gasteiger charge is 2.33. The first kappa shape index (κ1) is 24.2. The topological polar surface area (TPSA) is 69.0 Å². The zero-order chi connectivity index (χ0) is 24.1. The van der Waals surface area contributed by atoms with Crippen LogP contribution in [0, 0.1) is 0 Å². The Morgan fingerprint density at radius 1 is 1.00 bits per heavy atom. The first-order chi connectivity index (χ1) is 14.6. The molecule has 0 amide bonds. The van der Waals surface area contributed by atoms with Gasteiger partial charge in [0.05, 0.1) is 45.6 Å². The third kappa shape index (κ3) is 4.68. The average Bonchev–Trinajstić information content (AvgIpc) is 2.68. The molecule has 0 aliphatic carbocycles. The minimum Gasteiger partial charge on any atom is -0.294 e. The number of benzene rings is 2. The van der Waals surface area contributed by atoms with Crippen molar-refractivity contribution in [2.75, 3.05) is 5.75 Å². The van der Waals surface area contributed by atoms with Gasteiger partial charge in [0.2, 0.25) is 0 Å². The van der Waals surface area contributed by atoms with Gasteiger partial charge in [-0.05, 0) is 51.8 Å². The number of hydrogen-bond acceptors (Lipinski definition) is 4. The molecule has 1 aromatic heterocycles. The van der Waals surface area contributed by atoms with E-state index in [1.807, 2.05) is 0 Å². The zero-order valence-electron chi connectivity index (χ0n) is 16.1. The molecule has 0 atom stereocenters. The molecule has 0 radical (unpaired) electrons. The second-order valence-corrected chi connectivity index (χ2v) is 9.85. The lowest BCUT2D eigenvalue weighted by atomic mass is 10.1. The summed E-state index contributed by atoms with van der Waals surface area (Å²) in [4.78, 5) is 16.3. The van der Waals surface area contributed by atoms with Crippen molar-refractivity contribution in [3.8, 4) is 0 Å². The van der Waals surface area contributed by atoms with Crippen LogP contribution < -0.4 is 5.56 Å². The fourth-order valence-electron chi connectivity index (χ4n) is 3.03. The fraction of sp³-hybridized carbons (Fsp3) is 0.263. The molecular weight excluding hydrogens is 530 g/mol. The molecule has 1 heterocycles. The second-order valence-electron chi connectivity index (χ2n) is 6.75. The third-order valence-electron chi connectivity index (χ3n) is 4.65. The van der Waals surface area contributed by atoms with Crippen LogP contribution in [0.25, 0.3) is 10.9 Å². The lowest BCUT2D eigenvalue weighted by Gasteiger charge is -2.15. The van der Waals surface area contributed by atoms with E-state index in [0.717, 1.165) is 23.0 Å². The van der Waals surface area contributed by atoms with Gasteiger partial charge in [-0.25, -0.2) is 13.4 Å². The number of nitrogens with zero attached hydrogens (tertiary/aromatic N) is 2. The first-order valence-electron chi connectivity index (χ1n) is 8.84. The smallest absolute Gasteiger partial charge is 0.294 e. The van der Waals surface area contributed by atoms with Crippen molar-refractivity contribution in [2.24, 2.45) is 0 Å². The summed E-state index contributed by atoms with van der Waals surface area (Å²) in [6.07, 6.45) is -8.60. The van der Waals surface area contributed by atoms with Crippen molar-refractivity contribution >= 4 is 36.7 Å². The summed E-state index contributed by atoms with van der Waals surface area (Å²) in [6.45, 7) is 0.658. The van der Waals surface area contributed by atoms with Gasteiger partial charge in [-0.2, -0.15) is 26.3 Å². The van der Waals surface area contributed by atoms with Gasteiger partial charge in [-0.15, -0.1) is 0 Å². The van der Waals surface area contributed by atoms with Gasteiger partial charge in [-0.1, -0.05) is 6.92 Å². The first-order valence-corrected chi connectivity index (χ1v) is 11.3. The Morgan fingerprint density at radius 3 is 2.19 bits per heavy atom. The predicted octanol–water partition coefficient (Wildman–Crippen LogP) is 5.04. The van der Waals surface area contributed by atoms with Crippen LogP contribution in [-0.4, -0.2) is 23.7 Å². The highest BCUT2D eigenvalue weighted by molar-refractivity contribution is 9.10. The van der Waals surface area contributed by atoms with E-state index in [1.165, 1.54) is 6.92 Å². The summed E-state index contributed by atoms with van der Waals surface area (Å²) in [5.41, 5.74) is -3.65. The molecule has 3 aromatic rings. The summed E-state index contributed by atoms with van der Waals surface area (Å²) in [7, 11) is -3.96. The van der Waals surface area contributed by atoms with E-state index in [9.17, 15) is 39.6 Å². The summed E-state index contributed by atoms with van der Waals surface area (Å²) < 4.78 is 104. The summed E-state index contributed by atoms with van der Waals surface area (Å²) in [5.74, 6) is -0.405. The van der Waals surface area contributed by atoms with Crippen LogP contribution in [0.1, 0.15) is 23.6 Å². The van der Waals surface area contributed by atoms with Crippen molar-refractivity contribution in [3.05, 3.63) is 68.2 Å².